The molecule has 1 saturated carbocycles. The molecule has 3 amide bonds. The molecule has 170 valence electrons. The predicted molar refractivity (Wildman–Crippen MR) is 122 cm³/mol. The number of rotatable bonds is 4. The lowest BCUT2D eigenvalue weighted by molar-refractivity contribution is -0.139. The molecular weight excluding hydrogens is 420 g/mol. The van der Waals surface area contributed by atoms with E-state index in [4.69, 9.17) is 4.74 Å². The molecule has 2 saturated heterocycles. The fourth-order valence-corrected chi connectivity index (χ4v) is 5.19. The van der Waals surface area contributed by atoms with E-state index < -0.39 is 11.9 Å². The number of aryl methyl sites for hydroxylation is 1. The summed E-state index contributed by atoms with van der Waals surface area (Å²) < 4.78 is 5.51. The molecule has 5 rings (SSSR count). The summed E-state index contributed by atoms with van der Waals surface area (Å²) in [5.74, 6) is -1.48. The fourth-order valence-electron chi connectivity index (χ4n) is 5.19. The monoisotopic (exact) mass is 446 g/mol. The van der Waals surface area contributed by atoms with Crippen molar-refractivity contribution in [2.75, 3.05) is 16.3 Å². The van der Waals surface area contributed by atoms with Crippen LogP contribution in [0.25, 0.3) is 0 Å². The number of imide groups is 1. The van der Waals surface area contributed by atoms with Crippen LogP contribution in [0.15, 0.2) is 48.5 Å². The second-order valence-electron chi connectivity index (χ2n) is 9.17. The Morgan fingerprint density at radius 3 is 2.21 bits per heavy atom. The van der Waals surface area contributed by atoms with Gasteiger partial charge in [0.15, 0.2) is 0 Å². The molecule has 3 atom stereocenters. The molecule has 0 spiro atoms. The van der Waals surface area contributed by atoms with E-state index in [0.29, 0.717) is 11.4 Å². The zero-order chi connectivity index (χ0) is 23.1. The van der Waals surface area contributed by atoms with Gasteiger partial charge in [0.25, 0.3) is 0 Å². The molecule has 33 heavy (non-hydrogen) atoms. The van der Waals surface area contributed by atoms with Crippen LogP contribution >= 0.6 is 0 Å². The first-order valence-electron chi connectivity index (χ1n) is 11.5. The van der Waals surface area contributed by atoms with Gasteiger partial charge in [-0.25, -0.2) is 0 Å². The molecular formula is C26H26N2O5. The van der Waals surface area contributed by atoms with Crippen molar-refractivity contribution in [1.82, 2.24) is 0 Å². The number of hydrogen-bond acceptors (Lipinski definition) is 5. The molecule has 0 aromatic heterocycles. The Hall–Kier alpha value is -3.48. The van der Waals surface area contributed by atoms with E-state index >= 15 is 0 Å². The highest BCUT2D eigenvalue weighted by atomic mass is 16.5. The quantitative estimate of drug-likeness (QED) is 0.407. The van der Waals surface area contributed by atoms with Gasteiger partial charge in [-0.15, -0.1) is 0 Å². The Labute approximate surface area is 192 Å². The van der Waals surface area contributed by atoms with E-state index in [2.05, 4.69) is 0 Å². The molecule has 1 aliphatic carbocycles. The van der Waals surface area contributed by atoms with Crippen molar-refractivity contribution < 1.29 is 23.9 Å². The van der Waals surface area contributed by atoms with Crippen molar-refractivity contribution in [2.45, 2.75) is 39.0 Å². The highest BCUT2D eigenvalue weighted by Gasteiger charge is 2.48. The first-order chi connectivity index (χ1) is 15.9. The SMILES string of the molecule is Cc1cccc(N2C[C@H](C(=O)Oc3ccc(N4C(=O)[C@H]5CCCC[C@H]5C4=O)cc3)CC2=O)c1. The number of ether oxygens (including phenoxy) is 1. The number of anilines is 2. The number of esters is 1. The minimum Gasteiger partial charge on any atom is -0.426 e. The van der Waals surface area contributed by atoms with Gasteiger partial charge in [0.2, 0.25) is 17.7 Å². The van der Waals surface area contributed by atoms with Gasteiger partial charge in [-0.05, 0) is 61.7 Å². The minimum atomic E-state index is -0.553. The van der Waals surface area contributed by atoms with Crippen LogP contribution in [0.2, 0.25) is 0 Å². The lowest BCUT2D eigenvalue weighted by Gasteiger charge is -2.19. The van der Waals surface area contributed by atoms with Crippen LogP contribution in [0.1, 0.15) is 37.7 Å². The van der Waals surface area contributed by atoms with Gasteiger partial charge in [0.05, 0.1) is 23.4 Å². The maximum atomic E-state index is 12.8. The van der Waals surface area contributed by atoms with Crippen molar-refractivity contribution in [3.63, 3.8) is 0 Å². The zero-order valence-electron chi connectivity index (χ0n) is 18.5. The third-order valence-corrected chi connectivity index (χ3v) is 6.93. The van der Waals surface area contributed by atoms with Crippen LogP contribution in [0.3, 0.4) is 0 Å². The van der Waals surface area contributed by atoms with Crippen LogP contribution in [-0.2, 0) is 19.2 Å². The fraction of sp³-hybridized carbons (Fsp3) is 0.385. The highest BCUT2D eigenvalue weighted by Crippen LogP contribution is 2.40. The largest absolute Gasteiger partial charge is 0.426 e. The van der Waals surface area contributed by atoms with E-state index in [1.165, 1.54) is 4.90 Å². The summed E-state index contributed by atoms with van der Waals surface area (Å²) in [6.45, 7) is 2.23. The topological polar surface area (TPSA) is 84.0 Å². The summed E-state index contributed by atoms with van der Waals surface area (Å²) in [4.78, 5) is 53.6. The molecule has 7 heteroatoms. The number of carbonyl (C=O) groups excluding carboxylic acids is 4. The first kappa shape index (κ1) is 21.4. The van der Waals surface area contributed by atoms with Crippen LogP contribution in [-0.4, -0.2) is 30.2 Å². The standard InChI is InChI=1S/C26H26N2O5/c1-16-5-4-6-19(13-16)27-15-17(14-23(27)29)26(32)33-20-11-9-18(10-12-20)28-24(30)21-7-2-3-8-22(21)25(28)31/h4-6,9-13,17,21-22H,2-3,7-8,14-15H2,1H3/t17-,21-,22+/m1/s1. The smallest absolute Gasteiger partial charge is 0.316 e. The molecule has 3 aliphatic rings. The molecule has 7 nitrogen and oxygen atoms in total. The second kappa shape index (κ2) is 8.46. The minimum absolute atomic E-state index is 0.102. The Morgan fingerprint density at radius 1 is 0.909 bits per heavy atom. The molecule has 0 radical (unpaired) electrons. The summed E-state index contributed by atoms with van der Waals surface area (Å²) in [6, 6.07) is 14.1. The molecule has 3 fully saturated rings. The third kappa shape index (κ3) is 3.92. The van der Waals surface area contributed by atoms with Gasteiger partial charge in [-0.3, -0.25) is 24.1 Å². The number of hydrogen-bond donors (Lipinski definition) is 0. The number of fused-ring (bicyclic) bond motifs is 1. The molecule has 0 bridgehead atoms. The van der Waals surface area contributed by atoms with E-state index in [-0.39, 0.29) is 42.5 Å². The van der Waals surface area contributed by atoms with E-state index in [1.54, 1.807) is 29.2 Å². The van der Waals surface area contributed by atoms with Crippen molar-refractivity contribution >= 4 is 35.1 Å². The van der Waals surface area contributed by atoms with E-state index in [9.17, 15) is 19.2 Å². The van der Waals surface area contributed by atoms with Gasteiger partial charge >= 0.3 is 5.97 Å². The Morgan fingerprint density at radius 2 is 1.58 bits per heavy atom. The van der Waals surface area contributed by atoms with Gasteiger partial charge in [-0.1, -0.05) is 25.0 Å². The number of carbonyl (C=O) groups is 4. The maximum absolute atomic E-state index is 12.8. The lowest BCUT2D eigenvalue weighted by Crippen LogP contribution is -2.30. The third-order valence-electron chi connectivity index (χ3n) is 6.93. The second-order valence-corrected chi connectivity index (χ2v) is 9.17. The average molecular weight is 447 g/mol. The Balaban J connectivity index is 1.24. The molecule has 0 N–H and O–H groups in total. The molecule has 0 unspecified atom stereocenters. The summed E-state index contributed by atoms with van der Waals surface area (Å²) >= 11 is 0. The van der Waals surface area contributed by atoms with E-state index in [0.717, 1.165) is 36.9 Å². The maximum Gasteiger partial charge on any atom is 0.316 e. The lowest BCUT2D eigenvalue weighted by atomic mass is 9.81. The van der Waals surface area contributed by atoms with Crippen molar-refractivity contribution in [1.29, 1.82) is 0 Å². The Kier molecular flexibility index (Phi) is 5.48. The predicted octanol–water partition coefficient (Wildman–Crippen LogP) is 3.63. The van der Waals surface area contributed by atoms with Gasteiger partial charge in [0, 0.05) is 18.7 Å². The van der Waals surface area contributed by atoms with Gasteiger partial charge in [0.1, 0.15) is 5.75 Å². The normalized spacial score (nSPS) is 24.9. The van der Waals surface area contributed by atoms with Crippen molar-refractivity contribution in [3.05, 3.63) is 54.1 Å². The summed E-state index contributed by atoms with van der Waals surface area (Å²) in [7, 11) is 0. The van der Waals surface area contributed by atoms with Crippen LogP contribution in [0.5, 0.6) is 5.75 Å². The van der Waals surface area contributed by atoms with Gasteiger partial charge in [-0.2, -0.15) is 0 Å². The number of nitrogens with zero attached hydrogens (tertiary/aromatic N) is 2. The summed E-state index contributed by atoms with van der Waals surface area (Å²) in [5, 5.41) is 0. The molecule has 2 aliphatic heterocycles. The number of benzene rings is 2. The molecule has 2 aromatic rings. The average Bonchev–Trinajstić information content (AvgIpc) is 3.32. The molecule has 2 heterocycles. The zero-order valence-corrected chi connectivity index (χ0v) is 18.5. The van der Waals surface area contributed by atoms with Crippen molar-refractivity contribution in [3.8, 4) is 5.75 Å². The van der Waals surface area contributed by atoms with Crippen LogP contribution in [0, 0.1) is 24.7 Å². The van der Waals surface area contributed by atoms with E-state index in [1.807, 2.05) is 31.2 Å². The summed E-state index contributed by atoms with van der Waals surface area (Å²) in [6.07, 6.45) is 3.59. The number of amides is 3. The summed E-state index contributed by atoms with van der Waals surface area (Å²) in [5.41, 5.74) is 2.32. The van der Waals surface area contributed by atoms with Gasteiger partial charge < -0.3 is 9.64 Å². The molecule has 2 aromatic carbocycles. The van der Waals surface area contributed by atoms with Crippen molar-refractivity contribution in [2.24, 2.45) is 17.8 Å². The Bertz CT molecular complexity index is 1100. The highest BCUT2D eigenvalue weighted by molar-refractivity contribution is 6.22. The first-order valence-corrected chi connectivity index (χ1v) is 11.5. The van der Waals surface area contributed by atoms with Crippen LogP contribution in [0.4, 0.5) is 11.4 Å². The van der Waals surface area contributed by atoms with Crippen LogP contribution < -0.4 is 14.5 Å².